The molecule has 0 aliphatic heterocycles. The molecule has 0 atom stereocenters. The molecule has 0 aliphatic rings. The predicted octanol–water partition coefficient (Wildman–Crippen LogP) is 6.02. The Labute approximate surface area is 178 Å². The standard InChI is InChI=1S/C19H15ClF3NO5S/c1-2-7-30-11-28-18(25)9-12-8-14(4-5-16(12)24(26)27)29-17-6-3-13(10-15(17)20)19(21,22)23/h2-6,8,10H,1,7,9,11H2. The summed E-state index contributed by atoms with van der Waals surface area (Å²) in [6.07, 6.45) is -3.31. The van der Waals surface area contributed by atoms with Gasteiger partial charge in [0.25, 0.3) is 5.69 Å². The van der Waals surface area contributed by atoms with Gasteiger partial charge in [0.1, 0.15) is 17.4 Å². The highest BCUT2D eigenvalue weighted by atomic mass is 35.5. The molecule has 30 heavy (non-hydrogen) atoms. The maximum atomic E-state index is 12.7. The third kappa shape index (κ3) is 6.67. The zero-order chi connectivity index (χ0) is 22.3. The molecular formula is C19H15ClF3NO5S. The van der Waals surface area contributed by atoms with Crippen LogP contribution in [0.5, 0.6) is 11.5 Å². The Morgan fingerprint density at radius 3 is 2.60 bits per heavy atom. The largest absolute Gasteiger partial charge is 0.456 e. The summed E-state index contributed by atoms with van der Waals surface area (Å²) in [5.74, 6) is -0.0565. The van der Waals surface area contributed by atoms with Crippen molar-refractivity contribution in [3.05, 3.63) is 75.3 Å². The van der Waals surface area contributed by atoms with Crippen molar-refractivity contribution >= 4 is 35.0 Å². The normalized spacial score (nSPS) is 11.1. The van der Waals surface area contributed by atoms with Gasteiger partial charge < -0.3 is 9.47 Å². The van der Waals surface area contributed by atoms with Crippen LogP contribution < -0.4 is 4.74 Å². The van der Waals surface area contributed by atoms with E-state index in [1.165, 1.54) is 23.9 Å². The van der Waals surface area contributed by atoms with Crippen LogP contribution in [0.3, 0.4) is 0 Å². The minimum atomic E-state index is -4.56. The summed E-state index contributed by atoms with van der Waals surface area (Å²) >= 11 is 7.15. The number of nitro benzene ring substituents is 1. The number of esters is 1. The maximum Gasteiger partial charge on any atom is 0.416 e. The number of ether oxygens (including phenoxy) is 2. The van der Waals surface area contributed by atoms with Crippen LogP contribution in [-0.4, -0.2) is 22.6 Å². The average molecular weight is 462 g/mol. The van der Waals surface area contributed by atoms with E-state index in [0.29, 0.717) is 11.8 Å². The molecule has 11 heteroatoms. The second-order valence-corrected chi connectivity index (χ2v) is 7.15. The third-order valence-corrected chi connectivity index (χ3v) is 4.66. The van der Waals surface area contributed by atoms with Gasteiger partial charge in [0, 0.05) is 17.4 Å². The van der Waals surface area contributed by atoms with E-state index in [-0.39, 0.29) is 40.1 Å². The van der Waals surface area contributed by atoms with E-state index >= 15 is 0 Å². The number of nitrogens with zero attached hydrogens (tertiary/aromatic N) is 1. The lowest BCUT2D eigenvalue weighted by Crippen LogP contribution is -2.09. The van der Waals surface area contributed by atoms with E-state index in [1.54, 1.807) is 6.08 Å². The van der Waals surface area contributed by atoms with Gasteiger partial charge in [-0.15, -0.1) is 18.3 Å². The molecular weight excluding hydrogens is 447 g/mol. The highest BCUT2D eigenvalue weighted by molar-refractivity contribution is 7.99. The van der Waals surface area contributed by atoms with Crippen LogP contribution in [0, 0.1) is 10.1 Å². The van der Waals surface area contributed by atoms with Crippen LogP contribution in [0.1, 0.15) is 11.1 Å². The zero-order valence-corrected chi connectivity index (χ0v) is 16.9. The molecule has 0 fully saturated rings. The highest BCUT2D eigenvalue weighted by Gasteiger charge is 2.31. The molecule has 0 saturated heterocycles. The first-order valence-corrected chi connectivity index (χ1v) is 9.81. The molecule has 0 N–H and O–H groups in total. The molecule has 0 radical (unpaired) electrons. The second-order valence-electron chi connectivity index (χ2n) is 5.76. The van der Waals surface area contributed by atoms with Crippen molar-refractivity contribution in [2.45, 2.75) is 12.6 Å². The molecule has 2 rings (SSSR count). The Balaban J connectivity index is 2.20. The Bertz CT molecular complexity index is 952. The minimum Gasteiger partial charge on any atom is -0.456 e. The number of carbonyl (C=O) groups excluding carboxylic acids is 1. The fraction of sp³-hybridized carbons (Fsp3) is 0.211. The topological polar surface area (TPSA) is 78.7 Å². The summed E-state index contributed by atoms with van der Waals surface area (Å²) in [5, 5.41) is 10.9. The smallest absolute Gasteiger partial charge is 0.416 e. The third-order valence-electron chi connectivity index (χ3n) is 3.61. The summed E-state index contributed by atoms with van der Waals surface area (Å²) in [6.45, 7) is 3.53. The minimum absolute atomic E-state index is 0.0271. The summed E-state index contributed by atoms with van der Waals surface area (Å²) in [5.41, 5.74) is -1.24. The van der Waals surface area contributed by atoms with E-state index in [9.17, 15) is 28.1 Å². The number of hydrogen-bond acceptors (Lipinski definition) is 6. The molecule has 0 heterocycles. The van der Waals surface area contributed by atoms with Crippen LogP contribution in [0.2, 0.25) is 5.02 Å². The molecule has 0 spiro atoms. The van der Waals surface area contributed by atoms with Crippen molar-refractivity contribution in [3.63, 3.8) is 0 Å². The number of hydrogen-bond donors (Lipinski definition) is 0. The molecule has 0 aromatic heterocycles. The Morgan fingerprint density at radius 2 is 2.00 bits per heavy atom. The molecule has 0 aliphatic carbocycles. The van der Waals surface area contributed by atoms with E-state index in [1.807, 2.05) is 0 Å². The number of halogens is 4. The van der Waals surface area contributed by atoms with Gasteiger partial charge in [-0.2, -0.15) is 13.2 Å². The predicted molar refractivity (Wildman–Crippen MR) is 107 cm³/mol. The second kappa shape index (κ2) is 10.4. The van der Waals surface area contributed by atoms with Gasteiger partial charge in [0.05, 0.1) is 21.9 Å². The quantitative estimate of drug-likeness (QED) is 0.113. The number of benzene rings is 2. The van der Waals surface area contributed by atoms with Crippen LogP contribution >= 0.6 is 23.4 Å². The van der Waals surface area contributed by atoms with Gasteiger partial charge in [-0.3, -0.25) is 14.9 Å². The lowest BCUT2D eigenvalue weighted by Gasteiger charge is -2.12. The van der Waals surface area contributed by atoms with Gasteiger partial charge in [-0.25, -0.2) is 0 Å². The van der Waals surface area contributed by atoms with Crippen molar-refractivity contribution in [1.29, 1.82) is 0 Å². The van der Waals surface area contributed by atoms with Crippen LogP contribution in [0.25, 0.3) is 0 Å². The van der Waals surface area contributed by atoms with Gasteiger partial charge in [-0.1, -0.05) is 17.7 Å². The summed E-state index contributed by atoms with van der Waals surface area (Å²) in [4.78, 5) is 22.5. The van der Waals surface area contributed by atoms with E-state index in [2.05, 4.69) is 6.58 Å². The van der Waals surface area contributed by atoms with E-state index in [4.69, 9.17) is 21.1 Å². The fourth-order valence-corrected chi connectivity index (χ4v) is 2.97. The SMILES string of the molecule is C=CCSCOC(=O)Cc1cc(Oc2ccc(C(F)(F)F)cc2Cl)ccc1[N+](=O)[O-]. The first-order chi connectivity index (χ1) is 14.1. The molecule has 0 bridgehead atoms. The molecule has 0 saturated carbocycles. The molecule has 160 valence electrons. The molecule has 6 nitrogen and oxygen atoms in total. The fourth-order valence-electron chi connectivity index (χ4n) is 2.28. The molecule has 0 amide bonds. The Kier molecular flexibility index (Phi) is 8.13. The van der Waals surface area contributed by atoms with E-state index < -0.39 is 22.6 Å². The first-order valence-electron chi connectivity index (χ1n) is 8.28. The van der Waals surface area contributed by atoms with Gasteiger partial charge >= 0.3 is 12.1 Å². The van der Waals surface area contributed by atoms with Gasteiger partial charge in [-0.05, 0) is 30.3 Å². The van der Waals surface area contributed by atoms with Gasteiger partial charge in [0.15, 0.2) is 0 Å². The zero-order valence-electron chi connectivity index (χ0n) is 15.3. The van der Waals surface area contributed by atoms with E-state index in [0.717, 1.165) is 18.2 Å². The van der Waals surface area contributed by atoms with Crippen LogP contribution in [0.4, 0.5) is 18.9 Å². The Hall–Kier alpha value is -2.72. The van der Waals surface area contributed by atoms with Crippen molar-refractivity contribution in [1.82, 2.24) is 0 Å². The lowest BCUT2D eigenvalue weighted by atomic mass is 10.1. The average Bonchev–Trinajstić information content (AvgIpc) is 2.66. The first kappa shape index (κ1) is 23.6. The summed E-state index contributed by atoms with van der Waals surface area (Å²) in [6, 6.07) is 6.16. The molecule has 2 aromatic carbocycles. The number of nitro groups is 1. The monoisotopic (exact) mass is 461 g/mol. The van der Waals surface area contributed by atoms with Crippen molar-refractivity contribution in [3.8, 4) is 11.5 Å². The maximum absolute atomic E-state index is 12.7. The molecule has 2 aromatic rings. The van der Waals surface area contributed by atoms with Crippen LogP contribution in [0.15, 0.2) is 49.1 Å². The van der Waals surface area contributed by atoms with Crippen molar-refractivity contribution in [2.75, 3.05) is 11.7 Å². The lowest BCUT2D eigenvalue weighted by molar-refractivity contribution is -0.385. The summed E-state index contributed by atoms with van der Waals surface area (Å²) < 4.78 is 48.7. The molecule has 0 unspecified atom stereocenters. The van der Waals surface area contributed by atoms with Gasteiger partial charge in [0.2, 0.25) is 0 Å². The van der Waals surface area contributed by atoms with Crippen molar-refractivity contribution in [2.24, 2.45) is 0 Å². The number of alkyl halides is 3. The number of rotatable bonds is 9. The number of carbonyl (C=O) groups is 1. The number of thioether (sulfide) groups is 1. The summed E-state index contributed by atoms with van der Waals surface area (Å²) in [7, 11) is 0. The Morgan fingerprint density at radius 1 is 1.27 bits per heavy atom. The van der Waals surface area contributed by atoms with Crippen LogP contribution in [-0.2, 0) is 22.1 Å². The van der Waals surface area contributed by atoms with Crippen molar-refractivity contribution < 1.29 is 32.4 Å². The highest BCUT2D eigenvalue weighted by Crippen LogP contribution is 2.37.